The molecule has 1 saturated heterocycles. The van der Waals surface area contributed by atoms with Crippen molar-refractivity contribution in [2.75, 3.05) is 13.1 Å². The van der Waals surface area contributed by atoms with Crippen LogP contribution < -0.4 is 11.1 Å². The van der Waals surface area contributed by atoms with Gasteiger partial charge < -0.3 is 15.8 Å². The van der Waals surface area contributed by atoms with Gasteiger partial charge in [-0.3, -0.25) is 0 Å². The molecule has 1 aliphatic heterocycles. The summed E-state index contributed by atoms with van der Waals surface area (Å²) in [5.74, 6) is 1.34. The van der Waals surface area contributed by atoms with Gasteiger partial charge in [0.2, 0.25) is 0 Å². The lowest BCUT2D eigenvalue weighted by atomic mass is 10.0. The van der Waals surface area contributed by atoms with Crippen LogP contribution in [0, 0.1) is 11.8 Å². The average Bonchev–Trinajstić information content (AvgIpc) is 2.41. The minimum absolute atomic E-state index is 0.302. The Kier molecular flexibility index (Phi) is 1.95. The third kappa shape index (κ3) is 1.63. The molecule has 0 aromatic carbocycles. The molecule has 2 rings (SSSR count). The zero-order chi connectivity index (χ0) is 9.47. The summed E-state index contributed by atoms with van der Waals surface area (Å²) < 4.78 is 5.15. The number of hydrogen-bond acceptors (Lipinski definition) is 3. The van der Waals surface area contributed by atoms with Gasteiger partial charge in [0.15, 0.2) is 0 Å². The highest BCUT2D eigenvalue weighted by Gasteiger charge is 2.46. The van der Waals surface area contributed by atoms with E-state index in [-0.39, 0.29) is 5.60 Å². The number of carbonyl (C=O) groups excluding carboxylic acids is 1. The lowest BCUT2D eigenvalue weighted by Gasteiger charge is -2.24. The molecular weight excluding hydrogens is 168 g/mol. The summed E-state index contributed by atoms with van der Waals surface area (Å²) in [5, 5.41) is 3.34. The molecule has 3 atom stereocenters. The van der Waals surface area contributed by atoms with E-state index in [0.717, 1.165) is 25.9 Å². The minimum Gasteiger partial charge on any atom is -0.443 e. The first-order valence-electron chi connectivity index (χ1n) is 4.78. The van der Waals surface area contributed by atoms with E-state index in [9.17, 15) is 4.79 Å². The molecule has 4 nitrogen and oxygen atoms in total. The topological polar surface area (TPSA) is 64.3 Å². The van der Waals surface area contributed by atoms with Gasteiger partial charge >= 0.3 is 6.09 Å². The molecule has 2 aliphatic rings. The number of rotatable bonds is 1. The van der Waals surface area contributed by atoms with E-state index in [4.69, 9.17) is 10.5 Å². The van der Waals surface area contributed by atoms with Crippen molar-refractivity contribution in [1.82, 2.24) is 5.32 Å². The van der Waals surface area contributed by atoms with Gasteiger partial charge in [-0.25, -0.2) is 4.79 Å². The summed E-state index contributed by atoms with van der Waals surface area (Å²) in [4.78, 5) is 10.7. The fourth-order valence-electron chi connectivity index (χ4n) is 2.78. The van der Waals surface area contributed by atoms with Crippen LogP contribution in [0.5, 0.6) is 0 Å². The maximum Gasteiger partial charge on any atom is 0.405 e. The third-order valence-electron chi connectivity index (χ3n) is 3.21. The molecule has 1 heterocycles. The first kappa shape index (κ1) is 8.81. The van der Waals surface area contributed by atoms with Crippen molar-refractivity contribution in [2.45, 2.75) is 25.4 Å². The highest BCUT2D eigenvalue weighted by molar-refractivity contribution is 5.65. The quantitative estimate of drug-likeness (QED) is 0.622. The van der Waals surface area contributed by atoms with E-state index in [1.54, 1.807) is 0 Å². The van der Waals surface area contributed by atoms with E-state index < -0.39 is 6.09 Å². The van der Waals surface area contributed by atoms with E-state index in [0.29, 0.717) is 11.8 Å². The highest BCUT2D eigenvalue weighted by Crippen LogP contribution is 2.43. The number of carbonyl (C=O) groups is 1. The molecule has 0 aromatic rings. The second kappa shape index (κ2) is 2.87. The van der Waals surface area contributed by atoms with Crippen molar-refractivity contribution >= 4 is 6.09 Å². The van der Waals surface area contributed by atoms with Crippen LogP contribution in [0.25, 0.3) is 0 Å². The Hall–Kier alpha value is -0.770. The molecule has 74 valence electrons. The number of nitrogens with two attached hydrogens (primary N) is 1. The van der Waals surface area contributed by atoms with E-state index in [1.807, 2.05) is 6.92 Å². The molecule has 1 aliphatic carbocycles. The van der Waals surface area contributed by atoms with Gasteiger partial charge in [-0.2, -0.15) is 0 Å². The summed E-state index contributed by atoms with van der Waals surface area (Å²) in [6.45, 7) is 4.10. The highest BCUT2D eigenvalue weighted by atomic mass is 16.6. The molecule has 13 heavy (non-hydrogen) atoms. The Bertz CT molecular complexity index is 218. The molecule has 0 spiro atoms. The normalized spacial score (nSPS) is 43.2. The Morgan fingerprint density at radius 1 is 1.46 bits per heavy atom. The number of ether oxygens (including phenoxy) is 1. The van der Waals surface area contributed by atoms with E-state index in [2.05, 4.69) is 5.32 Å². The smallest absolute Gasteiger partial charge is 0.405 e. The number of primary amides is 1. The zero-order valence-electron chi connectivity index (χ0n) is 7.88. The standard InChI is InChI=1S/C9H16N2O2/c1-9(13-8(10)12)2-6-4-11-5-7(6)3-9/h6-7,11H,2-5H2,1H3,(H2,10,12)/t6-,7+,9?. The van der Waals surface area contributed by atoms with Crippen LogP contribution in [-0.2, 0) is 4.74 Å². The summed E-state index contributed by atoms with van der Waals surface area (Å²) in [5.41, 5.74) is 4.73. The Morgan fingerprint density at radius 3 is 2.46 bits per heavy atom. The molecule has 1 saturated carbocycles. The number of nitrogens with one attached hydrogen (secondary N) is 1. The van der Waals surface area contributed by atoms with Gasteiger partial charge in [-0.1, -0.05) is 0 Å². The first-order valence-corrected chi connectivity index (χ1v) is 4.78. The van der Waals surface area contributed by atoms with Crippen LogP contribution in [0.1, 0.15) is 19.8 Å². The second-order valence-electron chi connectivity index (χ2n) is 4.46. The summed E-state index contributed by atoms with van der Waals surface area (Å²) >= 11 is 0. The molecule has 0 bridgehead atoms. The maximum absolute atomic E-state index is 10.7. The van der Waals surface area contributed by atoms with Crippen LogP contribution in [0.3, 0.4) is 0 Å². The number of amides is 1. The van der Waals surface area contributed by atoms with Crippen LogP contribution in [0.15, 0.2) is 0 Å². The molecule has 2 fully saturated rings. The molecule has 4 heteroatoms. The maximum atomic E-state index is 10.7. The van der Waals surface area contributed by atoms with Crippen molar-refractivity contribution in [3.63, 3.8) is 0 Å². The second-order valence-corrected chi connectivity index (χ2v) is 4.46. The fourth-order valence-corrected chi connectivity index (χ4v) is 2.78. The summed E-state index contributed by atoms with van der Waals surface area (Å²) in [6.07, 6.45) is 1.26. The van der Waals surface area contributed by atoms with Crippen LogP contribution in [0.4, 0.5) is 4.79 Å². The molecule has 1 unspecified atom stereocenters. The minimum atomic E-state index is -0.643. The molecule has 1 amide bonds. The lowest BCUT2D eigenvalue weighted by molar-refractivity contribution is 0.0307. The van der Waals surface area contributed by atoms with Gasteiger partial charge in [0.05, 0.1) is 0 Å². The zero-order valence-corrected chi connectivity index (χ0v) is 7.88. The molecule has 0 aromatic heterocycles. The van der Waals surface area contributed by atoms with Crippen molar-refractivity contribution < 1.29 is 9.53 Å². The SMILES string of the molecule is CC1(OC(N)=O)C[C@H]2CNC[C@H]2C1. The number of hydrogen-bond donors (Lipinski definition) is 2. The molecule has 3 N–H and O–H groups in total. The summed E-state index contributed by atoms with van der Waals surface area (Å²) in [6, 6.07) is 0. The van der Waals surface area contributed by atoms with Crippen molar-refractivity contribution in [1.29, 1.82) is 0 Å². The molecular formula is C9H16N2O2. The van der Waals surface area contributed by atoms with Crippen molar-refractivity contribution in [3.05, 3.63) is 0 Å². The Balaban J connectivity index is 2.00. The van der Waals surface area contributed by atoms with Gasteiger partial charge in [-0.05, 0) is 44.7 Å². The van der Waals surface area contributed by atoms with Gasteiger partial charge in [0.1, 0.15) is 5.60 Å². The number of fused-ring (bicyclic) bond motifs is 1. The summed E-state index contributed by atoms with van der Waals surface area (Å²) in [7, 11) is 0. The first-order chi connectivity index (χ1) is 6.09. The Labute approximate surface area is 77.8 Å². The predicted octanol–water partition coefficient (Wildman–Crippen LogP) is 0.470. The largest absolute Gasteiger partial charge is 0.443 e. The van der Waals surface area contributed by atoms with Crippen molar-refractivity contribution in [3.8, 4) is 0 Å². The van der Waals surface area contributed by atoms with E-state index in [1.165, 1.54) is 0 Å². The predicted molar refractivity (Wildman–Crippen MR) is 48.2 cm³/mol. The van der Waals surface area contributed by atoms with Crippen LogP contribution in [0.2, 0.25) is 0 Å². The van der Waals surface area contributed by atoms with Gasteiger partial charge in [0, 0.05) is 0 Å². The third-order valence-corrected chi connectivity index (χ3v) is 3.21. The fraction of sp³-hybridized carbons (Fsp3) is 0.889. The monoisotopic (exact) mass is 184 g/mol. The molecule has 0 radical (unpaired) electrons. The van der Waals surface area contributed by atoms with Gasteiger partial charge in [0.25, 0.3) is 0 Å². The average molecular weight is 184 g/mol. The lowest BCUT2D eigenvalue weighted by Crippen LogP contribution is -2.33. The van der Waals surface area contributed by atoms with Crippen molar-refractivity contribution in [2.24, 2.45) is 17.6 Å². The van der Waals surface area contributed by atoms with E-state index >= 15 is 0 Å². The van der Waals surface area contributed by atoms with Gasteiger partial charge in [-0.15, -0.1) is 0 Å². The van der Waals surface area contributed by atoms with Crippen LogP contribution >= 0.6 is 0 Å². The van der Waals surface area contributed by atoms with Crippen LogP contribution in [-0.4, -0.2) is 24.8 Å². The Morgan fingerprint density at radius 2 is 2.00 bits per heavy atom.